The first-order valence-corrected chi connectivity index (χ1v) is 10.4. The second-order valence-electron chi connectivity index (χ2n) is 7.15. The Morgan fingerprint density at radius 2 is 2.00 bits per heavy atom. The monoisotopic (exact) mass is 412 g/mol. The summed E-state index contributed by atoms with van der Waals surface area (Å²) < 4.78 is 35.8. The molecule has 0 radical (unpaired) electrons. The Labute approximate surface area is 172 Å². The van der Waals surface area contributed by atoms with Crippen LogP contribution in [0.2, 0.25) is 0 Å². The summed E-state index contributed by atoms with van der Waals surface area (Å²) >= 11 is 0. The van der Waals surface area contributed by atoms with Gasteiger partial charge < -0.3 is 25.0 Å². The number of hydrogen-bond acceptors (Lipinski definition) is 4. The predicted molar refractivity (Wildman–Crippen MR) is 112 cm³/mol. The fraction of sp³-hybridized carbons (Fsp3) is 0.667. The number of likely N-dealkylation sites (tertiary alicyclic amines) is 1. The molecular weight excluding hydrogens is 378 g/mol. The first-order valence-electron chi connectivity index (χ1n) is 10.4. The molecule has 0 aliphatic carbocycles. The van der Waals surface area contributed by atoms with Crippen LogP contribution in [0.5, 0.6) is 11.5 Å². The molecule has 8 heteroatoms. The Balaban J connectivity index is 1.88. The number of benzene rings is 1. The molecule has 1 heterocycles. The summed E-state index contributed by atoms with van der Waals surface area (Å²) in [5.41, 5.74) is 0.590. The molecule has 164 valence electrons. The zero-order valence-corrected chi connectivity index (χ0v) is 17.7. The van der Waals surface area contributed by atoms with Crippen LogP contribution in [0.4, 0.5) is 8.78 Å². The number of alkyl halides is 2. The lowest BCUT2D eigenvalue weighted by molar-refractivity contribution is -0.0520. The minimum atomic E-state index is -2.91. The average Bonchev–Trinajstić information content (AvgIpc) is 2.71. The average molecular weight is 413 g/mol. The SMILES string of the molecule is CCCN1CCC(CNC(=NC)NCc2cccc(OCC)c2OC(F)F)CC1. The van der Waals surface area contributed by atoms with Crippen LogP contribution in [0.15, 0.2) is 23.2 Å². The highest BCUT2D eigenvalue weighted by Gasteiger charge is 2.19. The summed E-state index contributed by atoms with van der Waals surface area (Å²) in [4.78, 5) is 6.76. The van der Waals surface area contributed by atoms with Gasteiger partial charge in [-0.1, -0.05) is 19.1 Å². The van der Waals surface area contributed by atoms with E-state index in [1.54, 1.807) is 32.2 Å². The van der Waals surface area contributed by atoms with E-state index in [9.17, 15) is 8.78 Å². The maximum Gasteiger partial charge on any atom is 0.387 e. The van der Waals surface area contributed by atoms with Crippen LogP contribution in [0.1, 0.15) is 38.7 Å². The maximum atomic E-state index is 12.9. The van der Waals surface area contributed by atoms with Crippen LogP contribution >= 0.6 is 0 Å². The van der Waals surface area contributed by atoms with Crippen LogP contribution in [0.3, 0.4) is 0 Å². The fourth-order valence-corrected chi connectivity index (χ4v) is 3.56. The minimum Gasteiger partial charge on any atom is -0.490 e. The quantitative estimate of drug-likeness (QED) is 0.455. The molecule has 0 amide bonds. The van der Waals surface area contributed by atoms with Gasteiger partial charge in [-0.05, 0) is 57.8 Å². The number of aliphatic imine (C=N–C) groups is 1. The number of nitrogens with one attached hydrogen (secondary N) is 2. The largest absolute Gasteiger partial charge is 0.490 e. The molecular formula is C21H34F2N4O2. The number of nitrogens with zero attached hydrogens (tertiary/aromatic N) is 2. The van der Waals surface area contributed by atoms with Crippen LogP contribution < -0.4 is 20.1 Å². The molecule has 6 nitrogen and oxygen atoms in total. The third-order valence-corrected chi connectivity index (χ3v) is 5.04. The van der Waals surface area contributed by atoms with Crippen LogP contribution in [0, 0.1) is 5.92 Å². The number of para-hydroxylation sites is 1. The molecule has 2 N–H and O–H groups in total. The molecule has 2 rings (SSSR count). The van der Waals surface area contributed by atoms with E-state index in [1.165, 1.54) is 25.8 Å². The molecule has 0 spiro atoms. The Morgan fingerprint density at radius 3 is 2.62 bits per heavy atom. The summed E-state index contributed by atoms with van der Waals surface area (Å²) in [7, 11) is 1.70. The summed E-state index contributed by atoms with van der Waals surface area (Å²) in [6, 6.07) is 5.13. The topological polar surface area (TPSA) is 58.1 Å². The van der Waals surface area contributed by atoms with Crippen molar-refractivity contribution in [1.29, 1.82) is 0 Å². The summed E-state index contributed by atoms with van der Waals surface area (Å²) in [6.45, 7) is 6.09. The third kappa shape index (κ3) is 7.68. The molecule has 1 fully saturated rings. The number of piperidine rings is 1. The molecule has 1 aliphatic heterocycles. The highest BCUT2D eigenvalue weighted by Crippen LogP contribution is 2.32. The van der Waals surface area contributed by atoms with E-state index >= 15 is 0 Å². The smallest absolute Gasteiger partial charge is 0.387 e. The first kappa shape index (κ1) is 23.2. The highest BCUT2D eigenvalue weighted by molar-refractivity contribution is 5.79. The van der Waals surface area contributed by atoms with E-state index in [4.69, 9.17) is 9.47 Å². The Bertz CT molecular complexity index is 635. The van der Waals surface area contributed by atoms with Crippen molar-refractivity contribution in [2.24, 2.45) is 10.9 Å². The van der Waals surface area contributed by atoms with Crippen LogP contribution in [-0.4, -0.2) is 57.3 Å². The Kier molecular flexibility index (Phi) is 9.97. The van der Waals surface area contributed by atoms with Gasteiger partial charge in [-0.15, -0.1) is 0 Å². The number of halogens is 2. The van der Waals surface area contributed by atoms with Crippen molar-refractivity contribution in [3.63, 3.8) is 0 Å². The lowest BCUT2D eigenvalue weighted by Crippen LogP contribution is -2.42. The molecule has 0 saturated carbocycles. The predicted octanol–water partition coefficient (Wildman–Crippen LogP) is 3.47. The highest BCUT2D eigenvalue weighted by atomic mass is 19.3. The lowest BCUT2D eigenvalue weighted by atomic mass is 9.97. The third-order valence-electron chi connectivity index (χ3n) is 5.04. The van der Waals surface area contributed by atoms with Gasteiger partial charge in [0, 0.05) is 25.7 Å². The first-order chi connectivity index (χ1) is 14.1. The second-order valence-corrected chi connectivity index (χ2v) is 7.15. The summed E-state index contributed by atoms with van der Waals surface area (Å²) in [5, 5.41) is 6.54. The van der Waals surface area contributed by atoms with Crippen molar-refractivity contribution >= 4 is 5.96 Å². The van der Waals surface area contributed by atoms with Crippen LogP contribution in [0.25, 0.3) is 0 Å². The van der Waals surface area contributed by atoms with Gasteiger partial charge >= 0.3 is 6.61 Å². The molecule has 29 heavy (non-hydrogen) atoms. The molecule has 1 aliphatic rings. The van der Waals surface area contributed by atoms with Crippen molar-refractivity contribution < 1.29 is 18.3 Å². The van der Waals surface area contributed by atoms with Crippen molar-refractivity contribution in [1.82, 2.24) is 15.5 Å². The van der Waals surface area contributed by atoms with Gasteiger partial charge in [0.2, 0.25) is 0 Å². The van der Waals surface area contributed by atoms with Gasteiger partial charge in [-0.3, -0.25) is 4.99 Å². The van der Waals surface area contributed by atoms with E-state index in [2.05, 4.69) is 27.4 Å². The van der Waals surface area contributed by atoms with E-state index in [0.717, 1.165) is 19.6 Å². The second kappa shape index (κ2) is 12.5. The van der Waals surface area contributed by atoms with Crippen molar-refractivity contribution in [3.05, 3.63) is 23.8 Å². The summed E-state index contributed by atoms with van der Waals surface area (Å²) in [6.07, 6.45) is 3.54. The number of guanidine groups is 1. The van der Waals surface area contributed by atoms with Gasteiger partial charge in [0.25, 0.3) is 0 Å². The van der Waals surface area contributed by atoms with E-state index in [-0.39, 0.29) is 5.75 Å². The molecule has 0 aromatic heterocycles. The molecule has 0 atom stereocenters. The molecule has 1 aromatic carbocycles. The van der Waals surface area contributed by atoms with Gasteiger partial charge in [0.15, 0.2) is 17.5 Å². The molecule has 1 aromatic rings. The molecule has 0 bridgehead atoms. The normalized spacial score (nSPS) is 16.1. The number of rotatable bonds is 10. The van der Waals surface area contributed by atoms with Gasteiger partial charge in [0.05, 0.1) is 6.61 Å². The van der Waals surface area contributed by atoms with Crippen molar-refractivity contribution in [2.45, 2.75) is 46.3 Å². The zero-order chi connectivity index (χ0) is 21.1. The Morgan fingerprint density at radius 1 is 1.24 bits per heavy atom. The maximum absolute atomic E-state index is 12.9. The molecule has 1 saturated heterocycles. The van der Waals surface area contributed by atoms with Gasteiger partial charge in [-0.25, -0.2) is 0 Å². The number of hydrogen-bond donors (Lipinski definition) is 2. The molecule has 0 unspecified atom stereocenters. The van der Waals surface area contributed by atoms with Gasteiger partial charge in [-0.2, -0.15) is 8.78 Å². The van der Waals surface area contributed by atoms with E-state index in [0.29, 0.717) is 36.3 Å². The fourth-order valence-electron chi connectivity index (χ4n) is 3.56. The van der Waals surface area contributed by atoms with Gasteiger partial charge in [0.1, 0.15) is 0 Å². The van der Waals surface area contributed by atoms with E-state index in [1.807, 2.05) is 0 Å². The summed E-state index contributed by atoms with van der Waals surface area (Å²) in [5.74, 6) is 1.64. The Hall–Kier alpha value is -2.09. The number of ether oxygens (including phenoxy) is 2. The van der Waals surface area contributed by atoms with Crippen LogP contribution in [-0.2, 0) is 6.54 Å². The van der Waals surface area contributed by atoms with Crippen molar-refractivity contribution in [3.8, 4) is 11.5 Å². The van der Waals surface area contributed by atoms with E-state index < -0.39 is 6.61 Å². The lowest BCUT2D eigenvalue weighted by Gasteiger charge is -2.32. The standard InChI is InChI=1S/C21H34F2N4O2/c1-4-11-27-12-9-16(10-13-27)14-25-21(24-3)26-15-17-7-6-8-18(28-5-2)19(17)29-20(22)23/h6-8,16,20H,4-5,9-15H2,1-3H3,(H2,24,25,26). The zero-order valence-electron chi connectivity index (χ0n) is 17.7. The minimum absolute atomic E-state index is 0.0654. The van der Waals surface area contributed by atoms with Crippen molar-refractivity contribution in [2.75, 3.05) is 39.8 Å².